The first-order valence-corrected chi connectivity index (χ1v) is 8.28. The van der Waals surface area contributed by atoms with Gasteiger partial charge in [-0.2, -0.15) is 5.10 Å². The van der Waals surface area contributed by atoms with Crippen LogP contribution in [0.15, 0.2) is 12.4 Å². The van der Waals surface area contributed by atoms with Crippen molar-refractivity contribution in [3.63, 3.8) is 0 Å². The van der Waals surface area contributed by atoms with Crippen molar-refractivity contribution in [1.29, 1.82) is 0 Å². The third-order valence-electron chi connectivity index (χ3n) is 4.89. The maximum atomic E-state index is 11.6. The monoisotopic (exact) mass is 290 g/mol. The number of likely N-dealkylation sites (tertiary alicyclic amines) is 2. The predicted molar refractivity (Wildman–Crippen MR) is 82.1 cm³/mol. The lowest BCUT2D eigenvalue weighted by Gasteiger charge is -2.32. The lowest BCUT2D eigenvalue weighted by molar-refractivity contribution is -0.127. The third-order valence-corrected chi connectivity index (χ3v) is 4.89. The van der Waals surface area contributed by atoms with E-state index in [2.05, 4.69) is 23.1 Å². The van der Waals surface area contributed by atoms with E-state index in [9.17, 15) is 4.79 Å². The fourth-order valence-corrected chi connectivity index (χ4v) is 3.46. The number of piperidine rings is 1. The van der Waals surface area contributed by atoms with Gasteiger partial charge >= 0.3 is 0 Å². The zero-order valence-electron chi connectivity index (χ0n) is 13.0. The van der Waals surface area contributed by atoms with E-state index in [1.807, 2.05) is 15.8 Å². The summed E-state index contributed by atoms with van der Waals surface area (Å²) >= 11 is 0. The standard InChI is InChI=1S/C16H26N4O/c1-2-20-13-15(12-17-20)14-5-8-18(9-6-14)10-11-19-7-3-4-16(19)21/h12-14H,2-11H2,1H3. The molecule has 5 heteroatoms. The van der Waals surface area contributed by atoms with E-state index in [1.54, 1.807) is 0 Å². The Balaban J connectivity index is 1.43. The Bertz CT molecular complexity index is 476. The topological polar surface area (TPSA) is 41.4 Å². The van der Waals surface area contributed by atoms with E-state index >= 15 is 0 Å². The lowest BCUT2D eigenvalue weighted by Crippen LogP contribution is -2.39. The Morgan fingerprint density at radius 1 is 1.24 bits per heavy atom. The van der Waals surface area contributed by atoms with E-state index in [0.29, 0.717) is 11.8 Å². The van der Waals surface area contributed by atoms with E-state index in [1.165, 1.54) is 18.4 Å². The minimum atomic E-state index is 0.344. The summed E-state index contributed by atoms with van der Waals surface area (Å²) in [5.74, 6) is 1.01. The van der Waals surface area contributed by atoms with E-state index in [-0.39, 0.29) is 0 Å². The zero-order chi connectivity index (χ0) is 14.7. The quantitative estimate of drug-likeness (QED) is 0.829. The van der Waals surface area contributed by atoms with Crippen LogP contribution in [-0.2, 0) is 11.3 Å². The first-order valence-electron chi connectivity index (χ1n) is 8.28. The molecule has 0 bridgehead atoms. The molecule has 3 rings (SSSR count). The molecule has 2 aliphatic heterocycles. The molecular weight excluding hydrogens is 264 g/mol. The Labute approximate surface area is 126 Å². The Morgan fingerprint density at radius 3 is 2.67 bits per heavy atom. The molecule has 1 amide bonds. The molecule has 0 N–H and O–H groups in total. The van der Waals surface area contributed by atoms with Crippen molar-refractivity contribution in [3.8, 4) is 0 Å². The van der Waals surface area contributed by atoms with Gasteiger partial charge < -0.3 is 9.80 Å². The highest BCUT2D eigenvalue weighted by Gasteiger charge is 2.24. The van der Waals surface area contributed by atoms with Crippen molar-refractivity contribution in [2.45, 2.75) is 45.1 Å². The predicted octanol–water partition coefficient (Wildman–Crippen LogP) is 1.70. The molecule has 3 heterocycles. The third kappa shape index (κ3) is 3.46. The van der Waals surface area contributed by atoms with Crippen LogP contribution in [0.3, 0.4) is 0 Å². The molecule has 2 fully saturated rings. The first-order chi connectivity index (χ1) is 10.3. The highest BCUT2D eigenvalue weighted by atomic mass is 16.2. The van der Waals surface area contributed by atoms with Crippen molar-refractivity contribution in [1.82, 2.24) is 19.6 Å². The minimum Gasteiger partial charge on any atom is -0.341 e. The number of amides is 1. The highest BCUT2D eigenvalue weighted by Crippen LogP contribution is 2.27. The number of rotatable bonds is 5. The summed E-state index contributed by atoms with van der Waals surface area (Å²) in [4.78, 5) is 16.1. The maximum Gasteiger partial charge on any atom is 0.222 e. The van der Waals surface area contributed by atoms with Crippen LogP contribution in [0.25, 0.3) is 0 Å². The maximum absolute atomic E-state index is 11.6. The summed E-state index contributed by atoms with van der Waals surface area (Å²) in [5, 5.41) is 4.38. The fraction of sp³-hybridized carbons (Fsp3) is 0.750. The van der Waals surface area contributed by atoms with Gasteiger partial charge in [0.15, 0.2) is 0 Å². The summed E-state index contributed by atoms with van der Waals surface area (Å²) < 4.78 is 2.01. The number of hydrogen-bond acceptors (Lipinski definition) is 3. The van der Waals surface area contributed by atoms with Crippen LogP contribution in [0.1, 0.15) is 44.1 Å². The van der Waals surface area contributed by atoms with Gasteiger partial charge in [-0.25, -0.2) is 0 Å². The smallest absolute Gasteiger partial charge is 0.222 e. The van der Waals surface area contributed by atoms with Gasteiger partial charge in [0.1, 0.15) is 0 Å². The molecule has 2 aliphatic rings. The van der Waals surface area contributed by atoms with Crippen molar-refractivity contribution >= 4 is 5.91 Å². The normalized spacial score (nSPS) is 21.4. The van der Waals surface area contributed by atoms with Crippen LogP contribution >= 0.6 is 0 Å². The van der Waals surface area contributed by atoms with Gasteiger partial charge in [0, 0.05) is 38.8 Å². The van der Waals surface area contributed by atoms with Crippen molar-refractivity contribution in [3.05, 3.63) is 18.0 Å². The van der Waals surface area contributed by atoms with Gasteiger partial charge in [0.2, 0.25) is 5.91 Å². The van der Waals surface area contributed by atoms with Gasteiger partial charge in [0.25, 0.3) is 0 Å². The van der Waals surface area contributed by atoms with Crippen LogP contribution in [-0.4, -0.2) is 58.2 Å². The van der Waals surface area contributed by atoms with Crippen molar-refractivity contribution in [2.24, 2.45) is 0 Å². The molecule has 2 saturated heterocycles. The molecule has 5 nitrogen and oxygen atoms in total. The van der Waals surface area contributed by atoms with Crippen LogP contribution in [0.2, 0.25) is 0 Å². The summed E-state index contributed by atoms with van der Waals surface area (Å²) in [5.41, 5.74) is 1.39. The van der Waals surface area contributed by atoms with Gasteiger partial charge in [-0.3, -0.25) is 9.48 Å². The Kier molecular flexibility index (Phi) is 4.58. The van der Waals surface area contributed by atoms with Crippen LogP contribution in [0.5, 0.6) is 0 Å². The fourth-order valence-electron chi connectivity index (χ4n) is 3.46. The summed E-state index contributed by atoms with van der Waals surface area (Å²) in [6.07, 6.45) is 8.45. The lowest BCUT2D eigenvalue weighted by atomic mass is 9.91. The highest BCUT2D eigenvalue weighted by molar-refractivity contribution is 5.78. The largest absolute Gasteiger partial charge is 0.341 e. The van der Waals surface area contributed by atoms with Gasteiger partial charge in [-0.1, -0.05) is 0 Å². The second-order valence-electron chi connectivity index (χ2n) is 6.23. The van der Waals surface area contributed by atoms with E-state index in [0.717, 1.165) is 52.1 Å². The number of aryl methyl sites for hydroxylation is 1. The molecule has 116 valence electrons. The van der Waals surface area contributed by atoms with Crippen LogP contribution in [0, 0.1) is 0 Å². The second-order valence-corrected chi connectivity index (χ2v) is 6.23. The Morgan fingerprint density at radius 2 is 2.05 bits per heavy atom. The Hall–Kier alpha value is -1.36. The zero-order valence-corrected chi connectivity index (χ0v) is 13.0. The summed E-state index contributed by atoms with van der Waals surface area (Å²) in [6.45, 7) is 8.27. The SMILES string of the molecule is CCn1cc(C2CCN(CCN3CCCC3=O)CC2)cn1. The average molecular weight is 290 g/mol. The number of aromatic nitrogens is 2. The average Bonchev–Trinajstić information content (AvgIpc) is 3.14. The van der Waals surface area contributed by atoms with Crippen LogP contribution < -0.4 is 0 Å². The van der Waals surface area contributed by atoms with Crippen molar-refractivity contribution < 1.29 is 4.79 Å². The molecule has 0 saturated carbocycles. The number of carbonyl (C=O) groups is 1. The van der Waals surface area contributed by atoms with Crippen LogP contribution in [0.4, 0.5) is 0 Å². The summed E-state index contributed by atoms with van der Waals surface area (Å²) in [7, 11) is 0. The molecule has 0 unspecified atom stereocenters. The molecule has 1 aromatic rings. The second kappa shape index (κ2) is 6.60. The van der Waals surface area contributed by atoms with Crippen molar-refractivity contribution in [2.75, 3.05) is 32.7 Å². The van der Waals surface area contributed by atoms with Gasteiger partial charge in [-0.05, 0) is 50.8 Å². The molecule has 0 radical (unpaired) electrons. The molecular formula is C16H26N4O. The minimum absolute atomic E-state index is 0.344. The number of nitrogens with zero attached hydrogens (tertiary/aromatic N) is 4. The molecule has 21 heavy (non-hydrogen) atoms. The molecule has 0 aliphatic carbocycles. The summed E-state index contributed by atoms with van der Waals surface area (Å²) in [6, 6.07) is 0. The molecule has 0 atom stereocenters. The first kappa shape index (κ1) is 14.6. The molecule has 1 aromatic heterocycles. The number of hydrogen-bond donors (Lipinski definition) is 0. The molecule has 0 spiro atoms. The molecule has 0 aromatic carbocycles. The van der Waals surface area contributed by atoms with Gasteiger partial charge in [0.05, 0.1) is 6.20 Å². The van der Waals surface area contributed by atoms with Gasteiger partial charge in [-0.15, -0.1) is 0 Å². The van der Waals surface area contributed by atoms with E-state index in [4.69, 9.17) is 0 Å². The number of carbonyl (C=O) groups excluding carboxylic acids is 1. The van der Waals surface area contributed by atoms with E-state index < -0.39 is 0 Å².